The van der Waals surface area contributed by atoms with Gasteiger partial charge in [-0.15, -0.1) is 0 Å². The van der Waals surface area contributed by atoms with E-state index in [0.29, 0.717) is 6.61 Å². The Morgan fingerprint density at radius 2 is 1.06 bits per heavy atom. The summed E-state index contributed by atoms with van der Waals surface area (Å²) < 4.78 is 0. The first-order valence-corrected chi connectivity index (χ1v) is 7.64. The highest BCUT2D eigenvalue weighted by molar-refractivity contribution is 4.76. The van der Waals surface area contributed by atoms with Crippen LogP contribution in [-0.2, 0) is 0 Å². The second-order valence-corrected chi connectivity index (χ2v) is 4.97. The molecule has 0 spiro atoms. The average Bonchev–Trinajstić information content (AvgIpc) is 2.35. The predicted molar refractivity (Wildman–Crippen MR) is 77.3 cm³/mol. The fraction of sp³-hybridized carbons (Fsp3) is 0.875. The molecule has 0 aliphatic rings. The summed E-state index contributed by atoms with van der Waals surface area (Å²) in [6.07, 6.45) is 20.4. The van der Waals surface area contributed by atoms with Gasteiger partial charge in [0.15, 0.2) is 0 Å². The molecule has 0 heterocycles. The van der Waals surface area contributed by atoms with Gasteiger partial charge < -0.3 is 5.11 Å². The molecular weight excluding hydrogens is 208 g/mol. The minimum atomic E-state index is 0.368. The lowest BCUT2D eigenvalue weighted by atomic mass is 10.1. The predicted octanol–water partition coefficient (Wildman–Crippen LogP) is 5.24. The number of hydrogen-bond donors (Lipinski definition) is 1. The molecule has 0 saturated heterocycles. The summed E-state index contributed by atoms with van der Waals surface area (Å²) in [5, 5.41) is 8.64. The third kappa shape index (κ3) is 15.7. The Morgan fingerprint density at radius 1 is 0.647 bits per heavy atom. The molecule has 1 nitrogen and oxygen atoms in total. The Labute approximate surface area is 108 Å². The van der Waals surface area contributed by atoms with Crippen molar-refractivity contribution in [3.63, 3.8) is 0 Å². The van der Waals surface area contributed by atoms with E-state index in [9.17, 15) is 0 Å². The molecule has 1 N–H and O–H groups in total. The number of aliphatic hydroxyl groups excluding tert-OH is 1. The van der Waals surface area contributed by atoms with Crippen LogP contribution in [0.4, 0.5) is 0 Å². The van der Waals surface area contributed by atoms with Gasteiger partial charge in [-0.25, -0.2) is 0 Å². The molecule has 0 aromatic rings. The minimum Gasteiger partial charge on any atom is -0.396 e. The van der Waals surface area contributed by atoms with Crippen LogP contribution in [-0.4, -0.2) is 11.7 Å². The number of unbranched alkanes of at least 4 members (excludes halogenated alkanes) is 11. The quantitative estimate of drug-likeness (QED) is 0.345. The summed E-state index contributed by atoms with van der Waals surface area (Å²) in [6, 6.07) is 0. The molecule has 0 unspecified atom stereocenters. The molecular formula is C16H32O. The van der Waals surface area contributed by atoms with Gasteiger partial charge in [0.25, 0.3) is 0 Å². The Balaban J connectivity index is 2.89. The maximum absolute atomic E-state index is 8.64. The summed E-state index contributed by atoms with van der Waals surface area (Å²) in [6.45, 7) is 2.47. The number of allylic oxidation sites excluding steroid dienone is 2. The van der Waals surface area contributed by atoms with Crippen LogP contribution in [0.2, 0.25) is 0 Å². The van der Waals surface area contributed by atoms with E-state index < -0.39 is 0 Å². The summed E-state index contributed by atoms with van der Waals surface area (Å²) in [5.41, 5.74) is 0. The lowest BCUT2D eigenvalue weighted by Gasteiger charge is -2.02. The van der Waals surface area contributed by atoms with E-state index in [-0.39, 0.29) is 0 Å². The summed E-state index contributed by atoms with van der Waals surface area (Å²) in [7, 11) is 0. The van der Waals surface area contributed by atoms with Gasteiger partial charge >= 0.3 is 0 Å². The van der Waals surface area contributed by atoms with Crippen LogP contribution in [0.1, 0.15) is 84.0 Å². The fourth-order valence-corrected chi connectivity index (χ4v) is 2.13. The fourth-order valence-electron chi connectivity index (χ4n) is 2.13. The van der Waals surface area contributed by atoms with E-state index in [4.69, 9.17) is 5.11 Å². The molecule has 0 aromatic heterocycles. The van der Waals surface area contributed by atoms with Gasteiger partial charge in [0.05, 0.1) is 0 Å². The monoisotopic (exact) mass is 240 g/mol. The van der Waals surface area contributed by atoms with Gasteiger partial charge in [-0.3, -0.25) is 0 Å². The van der Waals surface area contributed by atoms with Crippen LogP contribution in [0, 0.1) is 0 Å². The normalized spacial score (nSPS) is 11.4. The van der Waals surface area contributed by atoms with E-state index in [1.54, 1.807) is 0 Å². The van der Waals surface area contributed by atoms with E-state index in [1.807, 2.05) is 0 Å². The zero-order valence-corrected chi connectivity index (χ0v) is 11.8. The largest absolute Gasteiger partial charge is 0.396 e. The smallest absolute Gasteiger partial charge is 0.0431 e. The highest BCUT2D eigenvalue weighted by Crippen LogP contribution is 2.11. The molecule has 0 radical (unpaired) electrons. The van der Waals surface area contributed by atoms with Gasteiger partial charge in [0, 0.05) is 6.61 Å². The Hall–Kier alpha value is -0.300. The average molecular weight is 240 g/mol. The molecule has 0 atom stereocenters. The van der Waals surface area contributed by atoms with Crippen molar-refractivity contribution in [1.82, 2.24) is 0 Å². The second-order valence-electron chi connectivity index (χ2n) is 4.97. The van der Waals surface area contributed by atoms with E-state index in [1.165, 1.54) is 70.6 Å². The zero-order chi connectivity index (χ0) is 12.6. The molecule has 0 saturated carbocycles. The lowest BCUT2D eigenvalue weighted by Crippen LogP contribution is -1.84. The highest BCUT2D eigenvalue weighted by Gasteiger charge is 1.92. The maximum atomic E-state index is 8.64. The first-order chi connectivity index (χ1) is 8.41. The van der Waals surface area contributed by atoms with Crippen molar-refractivity contribution in [3.05, 3.63) is 12.2 Å². The van der Waals surface area contributed by atoms with Crippen molar-refractivity contribution in [2.24, 2.45) is 0 Å². The number of rotatable bonds is 13. The summed E-state index contributed by atoms with van der Waals surface area (Å²) in [5.74, 6) is 0. The molecule has 0 aromatic carbocycles. The lowest BCUT2D eigenvalue weighted by molar-refractivity contribution is 0.282. The Kier molecular flexibility index (Phi) is 15.4. The number of hydrogen-bond acceptors (Lipinski definition) is 1. The van der Waals surface area contributed by atoms with E-state index >= 15 is 0 Å². The molecule has 0 bridgehead atoms. The van der Waals surface area contributed by atoms with Crippen LogP contribution < -0.4 is 0 Å². The molecule has 0 rings (SSSR count). The third-order valence-corrected chi connectivity index (χ3v) is 3.26. The maximum Gasteiger partial charge on any atom is 0.0431 e. The van der Waals surface area contributed by atoms with Crippen LogP contribution in [0.5, 0.6) is 0 Å². The highest BCUT2D eigenvalue weighted by atomic mass is 16.2. The molecule has 1 heteroatoms. The topological polar surface area (TPSA) is 20.2 Å². The number of aliphatic hydroxyl groups is 1. The van der Waals surface area contributed by atoms with E-state index in [0.717, 1.165) is 6.42 Å². The van der Waals surface area contributed by atoms with Gasteiger partial charge in [-0.1, -0.05) is 69.9 Å². The van der Waals surface area contributed by atoms with Crippen molar-refractivity contribution >= 4 is 0 Å². The minimum absolute atomic E-state index is 0.368. The molecule has 0 fully saturated rings. The van der Waals surface area contributed by atoms with Gasteiger partial charge in [-0.05, 0) is 26.2 Å². The van der Waals surface area contributed by atoms with E-state index in [2.05, 4.69) is 19.1 Å². The molecule has 0 aliphatic carbocycles. The SMILES string of the molecule is C/C=C\CCCCCCCCCCCCCO. The molecule has 102 valence electrons. The summed E-state index contributed by atoms with van der Waals surface area (Å²) in [4.78, 5) is 0. The molecule has 17 heavy (non-hydrogen) atoms. The van der Waals surface area contributed by atoms with Crippen molar-refractivity contribution in [1.29, 1.82) is 0 Å². The van der Waals surface area contributed by atoms with Crippen molar-refractivity contribution < 1.29 is 5.11 Å². The molecule has 0 aliphatic heterocycles. The van der Waals surface area contributed by atoms with Crippen LogP contribution in [0.25, 0.3) is 0 Å². The van der Waals surface area contributed by atoms with Gasteiger partial charge in [0.2, 0.25) is 0 Å². The zero-order valence-electron chi connectivity index (χ0n) is 11.8. The van der Waals surface area contributed by atoms with Crippen LogP contribution in [0.15, 0.2) is 12.2 Å². The van der Waals surface area contributed by atoms with Gasteiger partial charge in [-0.2, -0.15) is 0 Å². The third-order valence-electron chi connectivity index (χ3n) is 3.26. The van der Waals surface area contributed by atoms with Crippen molar-refractivity contribution in [2.45, 2.75) is 84.0 Å². The van der Waals surface area contributed by atoms with Gasteiger partial charge in [0.1, 0.15) is 0 Å². The summed E-state index contributed by atoms with van der Waals surface area (Å²) >= 11 is 0. The Bertz CT molecular complexity index is 152. The van der Waals surface area contributed by atoms with Crippen LogP contribution in [0.3, 0.4) is 0 Å². The van der Waals surface area contributed by atoms with Crippen molar-refractivity contribution in [3.8, 4) is 0 Å². The molecule has 0 amide bonds. The second kappa shape index (κ2) is 15.7. The first-order valence-electron chi connectivity index (χ1n) is 7.64. The first kappa shape index (κ1) is 16.7. The Morgan fingerprint density at radius 3 is 1.47 bits per heavy atom. The standard InChI is InChI=1S/C16H32O/c1-2-3-4-5-6-7-8-9-10-11-12-13-14-15-16-17/h2-3,17H,4-16H2,1H3/b3-2-. The van der Waals surface area contributed by atoms with Crippen molar-refractivity contribution in [2.75, 3.05) is 6.61 Å². The van der Waals surface area contributed by atoms with Crippen LogP contribution >= 0.6 is 0 Å².